The van der Waals surface area contributed by atoms with E-state index in [1.165, 1.54) is 18.6 Å². The molecule has 4 aromatic rings. The molecule has 4 heterocycles. The molecule has 1 aliphatic carbocycles. The molecule has 1 aliphatic heterocycles. The van der Waals surface area contributed by atoms with Gasteiger partial charge in [-0.05, 0) is 63.8 Å². The van der Waals surface area contributed by atoms with Crippen LogP contribution in [-0.4, -0.2) is 59.8 Å². The molecule has 12 nitrogen and oxygen atoms in total. The highest BCUT2D eigenvalue weighted by molar-refractivity contribution is 6.04. The lowest BCUT2D eigenvalue weighted by molar-refractivity contribution is 0.0135. The quantitative estimate of drug-likeness (QED) is 0.379. The molecule has 3 N–H and O–H groups in total. The Balaban J connectivity index is 1.30. The molecular formula is C29H29N9O3. The number of carbonyl (C=O) groups excluding carboxylic acids is 2. The van der Waals surface area contributed by atoms with Crippen LogP contribution in [0.1, 0.15) is 55.6 Å². The normalized spacial score (nSPS) is 19.8. The molecule has 0 radical (unpaired) electrons. The van der Waals surface area contributed by atoms with Crippen LogP contribution >= 0.6 is 0 Å². The number of piperidine rings is 1. The number of carbonyl (C=O) groups is 2. The fourth-order valence-corrected chi connectivity index (χ4v) is 5.75. The topological polar surface area (TPSA) is 165 Å². The number of hydrogen-bond acceptors (Lipinski definition) is 9. The maximum atomic E-state index is 13.0. The largest absolute Gasteiger partial charge is 0.444 e. The van der Waals surface area contributed by atoms with E-state index in [1.807, 2.05) is 36.4 Å². The van der Waals surface area contributed by atoms with Crippen molar-refractivity contribution in [1.82, 2.24) is 29.6 Å². The Hall–Kier alpha value is -5.05. The first-order valence-electron chi connectivity index (χ1n) is 13.4. The van der Waals surface area contributed by atoms with Gasteiger partial charge in [0.05, 0.1) is 29.1 Å². The summed E-state index contributed by atoms with van der Waals surface area (Å²) < 4.78 is 7.55. The minimum Gasteiger partial charge on any atom is -0.444 e. The smallest absolute Gasteiger partial charge is 0.410 e. The van der Waals surface area contributed by atoms with E-state index in [-0.39, 0.29) is 24.1 Å². The Morgan fingerprint density at radius 2 is 1.85 bits per heavy atom. The molecule has 2 amide bonds. The van der Waals surface area contributed by atoms with Gasteiger partial charge < -0.3 is 20.7 Å². The number of nitriles is 1. The summed E-state index contributed by atoms with van der Waals surface area (Å²) in [5.74, 6) is 0.579. The van der Waals surface area contributed by atoms with Crippen LogP contribution < -0.4 is 11.1 Å². The molecule has 0 spiro atoms. The molecule has 208 valence electrons. The maximum Gasteiger partial charge on any atom is 0.410 e. The second kappa shape index (κ2) is 9.85. The highest BCUT2D eigenvalue weighted by atomic mass is 16.6. The van der Waals surface area contributed by atoms with Crippen LogP contribution in [0.3, 0.4) is 0 Å². The van der Waals surface area contributed by atoms with Crippen molar-refractivity contribution in [2.24, 2.45) is 5.92 Å². The van der Waals surface area contributed by atoms with Gasteiger partial charge in [-0.3, -0.25) is 4.79 Å². The second-order valence-electron chi connectivity index (χ2n) is 11.4. The summed E-state index contributed by atoms with van der Waals surface area (Å²) in [5, 5.41) is 17.4. The van der Waals surface area contributed by atoms with Crippen LogP contribution in [-0.2, 0) is 4.74 Å². The van der Waals surface area contributed by atoms with Crippen molar-refractivity contribution in [3.63, 3.8) is 0 Å². The highest BCUT2D eigenvalue weighted by Gasteiger charge is 2.49. The van der Waals surface area contributed by atoms with E-state index in [9.17, 15) is 9.59 Å². The molecule has 3 aromatic heterocycles. The van der Waals surface area contributed by atoms with Crippen LogP contribution in [0, 0.1) is 17.2 Å². The van der Waals surface area contributed by atoms with Gasteiger partial charge in [-0.1, -0.05) is 12.1 Å². The number of nitrogens with two attached hydrogens (primary N) is 1. The van der Waals surface area contributed by atoms with Crippen molar-refractivity contribution < 1.29 is 14.3 Å². The van der Waals surface area contributed by atoms with Gasteiger partial charge in [0.1, 0.15) is 29.3 Å². The molecule has 1 saturated carbocycles. The average Bonchev–Trinajstić information content (AvgIpc) is 3.66. The third kappa shape index (κ3) is 4.91. The molecule has 41 heavy (non-hydrogen) atoms. The second-order valence-corrected chi connectivity index (χ2v) is 11.4. The minimum atomic E-state index is -0.581. The van der Waals surface area contributed by atoms with E-state index in [1.54, 1.807) is 30.3 Å². The molecule has 2 fully saturated rings. The molecule has 3 atom stereocenters. The van der Waals surface area contributed by atoms with Gasteiger partial charge >= 0.3 is 6.09 Å². The summed E-state index contributed by atoms with van der Waals surface area (Å²) in [6.45, 7) is 6.25. The molecule has 2 bridgehead atoms. The lowest BCUT2D eigenvalue weighted by Gasteiger charge is -2.34. The van der Waals surface area contributed by atoms with Gasteiger partial charge in [-0.2, -0.15) is 10.4 Å². The number of hydrogen-bond donors (Lipinski definition) is 2. The first-order chi connectivity index (χ1) is 19.6. The van der Waals surface area contributed by atoms with Crippen molar-refractivity contribution in [1.29, 1.82) is 5.26 Å². The Morgan fingerprint density at radius 1 is 1.10 bits per heavy atom. The van der Waals surface area contributed by atoms with E-state index in [2.05, 4.69) is 20.3 Å². The van der Waals surface area contributed by atoms with Crippen LogP contribution in [0.5, 0.6) is 0 Å². The lowest BCUT2D eigenvalue weighted by atomic mass is 10.1. The molecule has 2 aliphatic rings. The Bertz CT molecular complexity index is 1700. The highest BCUT2D eigenvalue weighted by Crippen LogP contribution is 2.46. The molecule has 1 aromatic carbocycles. The summed E-state index contributed by atoms with van der Waals surface area (Å²) in [4.78, 5) is 40.5. The van der Waals surface area contributed by atoms with Gasteiger partial charge in [0.15, 0.2) is 5.65 Å². The van der Waals surface area contributed by atoms with Gasteiger partial charge in [-0.25, -0.2) is 24.4 Å². The van der Waals surface area contributed by atoms with Crippen LogP contribution in [0.2, 0.25) is 0 Å². The van der Waals surface area contributed by atoms with Crippen LogP contribution in [0.15, 0.2) is 48.9 Å². The van der Waals surface area contributed by atoms with E-state index in [4.69, 9.17) is 20.8 Å². The number of ether oxygens (including phenoxy) is 1. The minimum absolute atomic E-state index is 0.0683. The summed E-state index contributed by atoms with van der Waals surface area (Å²) in [5.41, 5.74) is 8.49. The predicted molar refractivity (Wildman–Crippen MR) is 151 cm³/mol. The number of aromatic nitrogens is 5. The Morgan fingerprint density at radius 3 is 2.56 bits per heavy atom. The van der Waals surface area contributed by atoms with Crippen molar-refractivity contribution in [3.8, 4) is 17.3 Å². The Kier molecular flexibility index (Phi) is 6.29. The number of nitrogens with zero attached hydrogens (tertiary/aromatic N) is 7. The van der Waals surface area contributed by atoms with Crippen molar-refractivity contribution in [2.75, 3.05) is 17.6 Å². The number of amides is 2. The summed E-state index contributed by atoms with van der Waals surface area (Å²) in [6, 6.07) is 11.9. The monoisotopic (exact) mass is 551 g/mol. The third-order valence-electron chi connectivity index (χ3n) is 7.46. The first-order valence-corrected chi connectivity index (χ1v) is 13.4. The molecule has 1 saturated heterocycles. The number of rotatable bonds is 4. The van der Waals surface area contributed by atoms with Gasteiger partial charge in [-0.15, -0.1) is 0 Å². The van der Waals surface area contributed by atoms with Gasteiger partial charge in [0.25, 0.3) is 5.91 Å². The standard InChI is InChI=1S/C29H29N9O3/c1-29(2,3)41-28(40)37-14-17-10-20(37)21(11-17)38-26-23(25(31)33-15-34-26)24(36-38)18-4-6-19(7-5-18)27(39)35-22-12-16(13-30)8-9-32-22/h4-9,12,15,17,20-21H,10-11,14H2,1-3H3,(H2,31,33,34)(H,32,35,39). The van der Waals surface area contributed by atoms with Gasteiger partial charge in [0, 0.05) is 23.9 Å². The average molecular weight is 552 g/mol. The van der Waals surface area contributed by atoms with Crippen molar-refractivity contribution >= 4 is 34.7 Å². The molecular weight excluding hydrogens is 522 g/mol. The van der Waals surface area contributed by atoms with Crippen LogP contribution in [0.25, 0.3) is 22.3 Å². The fraction of sp³-hybridized carbons (Fsp3) is 0.345. The number of likely N-dealkylation sites (tertiary alicyclic amines) is 1. The molecule has 12 heteroatoms. The first kappa shape index (κ1) is 26.2. The number of fused-ring (bicyclic) bond motifs is 3. The lowest BCUT2D eigenvalue weighted by Crippen LogP contribution is -2.45. The third-order valence-corrected chi connectivity index (χ3v) is 7.46. The number of nitrogens with one attached hydrogen (secondary N) is 1. The zero-order chi connectivity index (χ0) is 28.9. The SMILES string of the molecule is CC(C)(C)OC(=O)N1CC2CC1C(n1nc(-c3ccc(C(=O)Nc4cc(C#N)ccn4)cc3)c3c(N)ncnc31)C2. The van der Waals surface area contributed by atoms with E-state index >= 15 is 0 Å². The number of benzene rings is 1. The van der Waals surface area contributed by atoms with E-state index in [0.717, 1.165) is 18.4 Å². The maximum absolute atomic E-state index is 13.0. The zero-order valence-corrected chi connectivity index (χ0v) is 22.9. The Labute approximate surface area is 236 Å². The summed E-state index contributed by atoms with van der Waals surface area (Å²) in [6.07, 6.45) is 4.31. The van der Waals surface area contributed by atoms with E-state index in [0.29, 0.717) is 52.0 Å². The number of pyridine rings is 1. The zero-order valence-electron chi connectivity index (χ0n) is 22.9. The van der Waals surface area contributed by atoms with E-state index < -0.39 is 5.60 Å². The van der Waals surface area contributed by atoms with Crippen LogP contribution in [0.4, 0.5) is 16.4 Å². The number of nitrogen functional groups attached to an aromatic ring is 1. The molecule has 6 rings (SSSR count). The van der Waals surface area contributed by atoms with Crippen molar-refractivity contribution in [2.45, 2.75) is 51.3 Å². The van der Waals surface area contributed by atoms with Crippen molar-refractivity contribution in [3.05, 3.63) is 60.0 Å². The molecule has 3 unspecified atom stereocenters. The summed E-state index contributed by atoms with van der Waals surface area (Å²) >= 11 is 0. The summed E-state index contributed by atoms with van der Waals surface area (Å²) in [7, 11) is 0. The fourth-order valence-electron chi connectivity index (χ4n) is 5.75. The predicted octanol–water partition coefficient (Wildman–Crippen LogP) is 4.16. The number of anilines is 2. The van der Waals surface area contributed by atoms with Gasteiger partial charge in [0.2, 0.25) is 0 Å².